The molecule has 2 aromatic rings. The molecule has 4 heteroatoms. The Bertz CT molecular complexity index is 538. The second kappa shape index (κ2) is 6.07. The highest BCUT2D eigenvalue weighted by atomic mass is 35.5. The first-order valence-corrected chi connectivity index (χ1v) is 5.80. The van der Waals surface area contributed by atoms with Gasteiger partial charge in [-0.25, -0.2) is 0 Å². The van der Waals surface area contributed by atoms with Crippen LogP contribution in [0.15, 0.2) is 53.7 Å². The number of nitrogens with zero attached hydrogens (tertiary/aromatic N) is 1. The molecule has 0 saturated heterocycles. The Balaban J connectivity index is 2.01. The van der Waals surface area contributed by atoms with Crippen molar-refractivity contribution in [2.24, 2.45) is 5.16 Å². The van der Waals surface area contributed by atoms with Crippen molar-refractivity contribution in [1.29, 1.82) is 0 Å². The average Bonchev–Trinajstić information content (AvgIpc) is 2.39. The number of ether oxygens (including phenoxy) is 1. The van der Waals surface area contributed by atoms with Crippen LogP contribution in [-0.2, 0) is 6.61 Å². The molecule has 0 aliphatic carbocycles. The molecule has 0 aromatic heterocycles. The van der Waals surface area contributed by atoms with Gasteiger partial charge in [-0.1, -0.05) is 41.0 Å². The monoisotopic (exact) mass is 261 g/mol. The summed E-state index contributed by atoms with van der Waals surface area (Å²) in [7, 11) is 0. The molecule has 0 radical (unpaired) electrons. The second-order valence-electron chi connectivity index (χ2n) is 3.73. The minimum atomic E-state index is 0.469. The predicted octanol–water partition coefficient (Wildman–Crippen LogP) is 3.73. The molecule has 3 nitrogen and oxygen atoms in total. The summed E-state index contributed by atoms with van der Waals surface area (Å²) in [4.78, 5) is 0. The summed E-state index contributed by atoms with van der Waals surface area (Å²) in [5.41, 5.74) is 1.83. The number of oxime groups is 1. The Morgan fingerprint density at radius 1 is 1.17 bits per heavy atom. The van der Waals surface area contributed by atoms with Crippen LogP contribution < -0.4 is 4.74 Å². The Morgan fingerprint density at radius 2 is 1.94 bits per heavy atom. The van der Waals surface area contributed by atoms with Gasteiger partial charge in [-0.05, 0) is 35.4 Å². The summed E-state index contributed by atoms with van der Waals surface area (Å²) < 4.78 is 5.63. The van der Waals surface area contributed by atoms with Crippen molar-refractivity contribution in [2.45, 2.75) is 6.61 Å². The van der Waals surface area contributed by atoms with E-state index in [1.807, 2.05) is 42.5 Å². The summed E-state index contributed by atoms with van der Waals surface area (Å²) in [6.07, 6.45) is 1.36. The molecule has 1 N–H and O–H groups in total. The van der Waals surface area contributed by atoms with Gasteiger partial charge in [-0.15, -0.1) is 0 Å². The zero-order chi connectivity index (χ0) is 12.8. The average molecular weight is 262 g/mol. The van der Waals surface area contributed by atoms with Crippen molar-refractivity contribution in [2.75, 3.05) is 0 Å². The van der Waals surface area contributed by atoms with Crippen molar-refractivity contribution in [3.05, 3.63) is 64.7 Å². The van der Waals surface area contributed by atoms with Gasteiger partial charge in [-0.2, -0.15) is 0 Å². The van der Waals surface area contributed by atoms with Crippen LogP contribution in [0.25, 0.3) is 0 Å². The molecule has 0 atom stereocenters. The molecule has 0 spiro atoms. The van der Waals surface area contributed by atoms with Crippen LogP contribution >= 0.6 is 11.6 Å². The fourth-order valence-electron chi connectivity index (χ4n) is 1.50. The van der Waals surface area contributed by atoms with Crippen molar-refractivity contribution < 1.29 is 9.94 Å². The van der Waals surface area contributed by atoms with Crippen LogP contribution in [0.1, 0.15) is 11.1 Å². The van der Waals surface area contributed by atoms with E-state index in [1.165, 1.54) is 6.21 Å². The van der Waals surface area contributed by atoms with Gasteiger partial charge in [0.25, 0.3) is 0 Å². The van der Waals surface area contributed by atoms with Crippen LogP contribution in [-0.4, -0.2) is 11.4 Å². The van der Waals surface area contributed by atoms with E-state index in [0.29, 0.717) is 11.6 Å². The zero-order valence-electron chi connectivity index (χ0n) is 9.58. The van der Waals surface area contributed by atoms with E-state index in [9.17, 15) is 0 Å². The Morgan fingerprint density at radius 3 is 2.67 bits per heavy atom. The summed E-state index contributed by atoms with van der Waals surface area (Å²) >= 11 is 5.81. The third-order valence-corrected chi connectivity index (χ3v) is 2.64. The van der Waals surface area contributed by atoms with Crippen LogP contribution in [0.4, 0.5) is 0 Å². The van der Waals surface area contributed by atoms with E-state index in [-0.39, 0.29) is 0 Å². The fraction of sp³-hybridized carbons (Fsp3) is 0.0714. The summed E-state index contributed by atoms with van der Waals surface area (Å²) in [5, 5.41) is 12.1. The molecular formula is C14H12ClNO2. The summed E-state index contributed by atoms with van der Waals surface area (Å²) in [6, 6.07) is 14.8. The topological polar surface area (TPSA) is 41.8 Å². The first-order valence-electron chi connectivity index (χ1n) is 5.42. The Kier molecular flexibility index (Phi) is 4.20. The molecule has 0 bridgehead atoms. The maximum atomic E-state index is 8.46. The predicted molar refractivity (Wildman–Crippen MR) is 71.6 cm³/mol. The van der Waals surface area contributed by atoms with Gasteiger partial charge in [0.15, 0.2) is 0 Å². The molecule has 0 fully saturated rings. The lowest BCUT2D eigenvalue weighted by molar-refractivity contribution is 0.306. The van der Waals surface area contributed by atoms with E-state index in [0.717, 1.165) is 16.9 Å². The van der Waals surface area contributed by atoms with E-state index in [4.69, 9.17) is 21.5 Å². The van der Waals surface area contributed by atoms with Crippen molar-refractivity contribution >= 4 is 17.8 Å². The first-order chi connectivity index (χ1) is 8.78. The molecule has 0 aliphatic heterocycles. The lowest BCUT2D eigenvalue weighted by atomic mass is 10.2. The van der Waals surface area contributed by atoms with E-state index < -0.39 is 0 Å². The highest BCUT2D eigenvalue weighted by Crippen LogP contribution is 2.15. The molecule has 0 heterocycles. The molecule has 0 unspecified atom stereocenters. The third-order valence-electron chi connectivity index (χ3n) is 2.38. The Hall–Kier alpha value is -2.00. The molecule has 0 saturated carbocycles. The normalized spacial score (nSPS) is 10.7. The lowest BCUT2D eigenvalue weighted by Gasteiger charge is -2.06. The van der Waals surface area contributed by atoms with Crippen LogP contribution in [0, 0.1) is 0 Å². The summed E-state index contributed by atoms with van der Waals surface area (Å²) in [5.74, 6) is 0.724. The van der Waals surface area contributed by atoms with E-state index in [2.05, 4.69) is 5.16 Å². The molecule has 18 heavy (non-hydrogen) atoms. The maximum absolute atomic E-state index is 8.46. The molecule has 0 aliphatic rings. The highest BCUT2D eigenvalue weighted by molar-refractivity contribution is 6.30. The van der Waals surface area contributed by atoms with Gasteiger partial charge in [-0.3, -0.25) is 0 Å². The number of hydrogen-bond donors (Lipinski definition) is 1. The molecule has 2 rings (SSSR count). The minimum Gasteiger partial charge on any atom is -0.489 e. The quantitative estimate of drug-likeness (QED) is 0.518. The highest BCUT2D eigenvalue weighted by Gasteiger charge is 1.97. The van der Waals surface area contributed by atoms with Crippen LogP contribution in [0.5, 0.6) is 5.75 Å². The molecule has 92 valence electrons. The lowest BCUT2D eigenvalue weighted by Crippen LogP contribution is -1.95. The van der Waals surface area contributed by atoms with Crippen LogP contribution in [0.3, 0.4) is 0 Å². The number of hydrogen-bond acceptors (Lipinski definition) is 3. The molecule has 2 aromatic carbocycles. The van der Waals surface area contributed by atoms with Gasteiger partial charge in [0.05, 0.1) is 6.21 Å². The second-order valence-corrected chi connectivity index (χ2v) is 4.17. The standard InChI is InChI=1S/C14H12ClNO2/c15-13-6-4-11(5-7-13)10-18-14-3-1-2-12(8-14)9-16-17/h1-9,17H,10H2/b16-9-. The zero-order valence-corrected chi connectivity index (χ0v) is 10.3. The van der Waals surface area contributed by atoms with Gasteiger partial charge in [0.2, 0.25) is 0 Å². The van der Waals surface area contributed by atoms with Crippen molar-refractivity contribution in [3.63, 3.8) is 0 Å². The number of benzene rings is 2. The summed E-state index contributed by atoms with van der Waals surface area (Å²) in [6.45, 7) is 0.469. The Labute approximate surface area is 110 Å². The SMILES string of the molecule is O/N=C\c1cccc(OCc2ccc(Cl)cc2)c1. The fourth-order valence-corrected chi connectivity index (χ4v) is 1.62. The minimum absolute atomic E-state index is 0.469. The third kappa shape index (κ3) is 3.50. The first kappa shape index (κ1) is 12.5. The van der Waals surface area contributed by atoms with Gasteiger partial charge in [0, 0.05) is 5.02 Å². The van der Waals surface area contributed by atoms with Crippen molar-refractivity contribution in [3.8, 4) is 5.75 Å². The van der Waals surface area contributed by atoms with Gasteiger partial charge >= 0.3 is 0 Å². The smallest absolute Gasteiger partial charge is 0.120 e. The number of rotatable bonds is 4. The van der Waals surface area contributed by atoms with E-state index >= 15 is 0 Å². The van der Waals surface area contributed by atoms with Gasteiger partial charge in [0.1, 0.15) is 12.4 Å². The van der Waals surface area contributed by atoms with Gasteiger partial charge < -0.3 is 9.94 Å². The number of halogens is 1. The van der Waals surface area contributed by atoms with Crippen LogP contribution in [0.2, 0.25) is 5.02 Å². The van der Waals surface area contributed by atoms with Crippen molar-refractivity contribution in [1.82, 2.24) is 0 Å². The largest absolute Gasteiger partial charge is 0.489 e. The molecular weight excluding hydrogens is 250 g/mol. The maximum Gasteiger partial charge on any atom is 0.120 e. The molecule has 0 amide bonds. The van der Waals surface area contributed by atoms with E-state index in [1.54, 1.807) is 6.07 Å².